The Morgan fingerprint density at radius 1 is 1.20 bits per heavy atom. The first kappa shape index (κ1) is 14.3. The average Bonchev–Trinajstić information content (AvgIpc) is 2.45. The molecule has 0 bridgehead atoms. The van der Waals surface area contributed by atoms with Gasteiger partial charge in [0.25, 0.3) is 0 Å². The van der Waals surface area contributed by atoms with Crippen LogP contribution in [0.15, 0.2) is 48.5 Å². The molecular weight excluding hydrogens is 279 g/mol. The van der Waals surface area contributed by atoms with E-state index in [9.17, 15) is 9.18 Å². The maximum atomic E-state index is 12.8. The van der Waals surface area contributed by atoms with Gasteiger partial charge in [0, 0.05) is 5.56 Å². The van der Waals surface area contributed by atoms with Crippen molar-refractivity contribution in [3.63, 3.8) is 0 Å². The van der Waals surface area contributed by atoms with Crippen LogP contribution < -0.4 is 4.74 Å². The number of rotatable bonds is 4. The Labute approximate surface area is 121 Å². The van der Waals surface area contributed by atoms with Crippen molar-refractivity contribution in [2.24, 2.45) is 0 Å². The Bertz CT molecular complexity index is 648. The molecule has 0 N–H and O–H groups in total. The molecule has 0 amide bonds. The van der Waals surface area contributed by atoms with Crippen LogP contribution >= 0.6 is 11.6 Å². The molecule has 0 unspecified atom stereocenters. The quantitative estimate of drug-likeness (QED) is 0.617. The third kappa shape index (κ3) is 3.45. The summed E-state index contributed by atoms with van der Waals surface area (Å²) in [4.78, 5) is 11.9. The van der Waals surface area contributed by atoms with Gasteiger partial charge in [0.1, 0.15) is 11.6 Å². The Kier molecular flexibility index (Phi) is 4.53. The van der Waals surface area contributed by atoms with Crippen molar-refractivity contribution in [3.8, 4) is 5.75 Å². The van der Waals surface area contributed by atoms with Crippen molar-refractivity contribution in [3.05, 3.63) is 70.5 Å². The molecule has 0 radical (unpaired) electrons. The van der Waals surface area contributed by atoms with Crippen molar-refractivity contribution in [2.75, 3.05) is 7.11 Å². The van der Waals surface area contributed by atoms with Crippen LogP contribution in [0.2, 0.25) is 5.02 Å². The molecule has 0 aliphatic rings. The zero-order valence-corrected chi connectivity index (χ0v) is 11.5. The third-order valence-electron chi connectivity index (χ3n) is 2.73. The SMILES string of the molecule is COc1ccc(C=CC(=O)c2ccc(F)cc2)cc1Cl. The molecule has 2 aromatic carbocycles. The lowest BCUT2D eigenvalue weighted by molar-refractivity contribution is 0.104. The monoisotopic (exact) mass is 290 g/mol. The molecule has 0 saturated carbocycles. The molecule has 0 saturated heterocycles. The van der Waals surface area contributed by atoms with Gasteiger partial charge in [-0.15, -0.1) is 0 Å². The predicted octanol–water partition coefficient (Wildman–Crippen LogP) is 4.38. The van der Waals surface area contributed by atoms with Gasteiger partial charge in [0.2, 0.25) is 0 Å². The molecule has 4 heteroatoms. The summed E-state index contributed by atoms with van der Waals surface area (Å²) in [6.45, 7) is 0. The van der Waals surface area contributed by atoms with Gasteiger partial charge in [-0.3, -0.25) is 4.79 Å². The van der Waals surface area contributed by atoms with Crippen molar-refractivity contribution < 1.29 is 13.9 Å². The van der Waals surface area contributed by atoms with Crippen molar-refractivity contribution in [2.45, 2.75) is 0 Å². The van der Waals surface area contributed by atoms with Gasteiger partial charge in [-0.1, -0.05) is 23.7 Å². The second-order valence-corrected chi connectivity index (χ2v) is 4.51. The molecule has 102 valence electrons. The highest BCUT2D eigenvalue weighted by Gasteiger charge is 2.03. The van der Waals surface area contributed by atoms with Crippen LogP contribution in [0, 0.1) is 5.82 Å². The number of halogens is 2. The number of hydrogen-bond acceptors (Lipinski definition) is 2. The second kappa shape index (κ2) is 6.35. The molecule has 0 fully saturated rings. The molecule has 20 heavy (non-hydrogen) atoms. The average molecular weight is 291 g/mol. The van der Waals surface area contributed by atoms with Crippen LogP contribution in [0.25, 0.3) is 6.08 Å². The second-order valence-electron chi connectivity index (χ2n) is 4.10. The first-order valence-electron chi connectivity index (χ1n) is 5.91. The molecule has 2 aromatic rings. The van der Waals surface area contributed by atoms with Crippen LogP contribution in [0.5, 0.6) is 5.75 Å². The van der Waals surface area contributed by atoms with Crippen LogP contribution in [0.1, 0.15) is 15.9 Å². The number of methoxy groups -OCH3 is 1. The van der Waals surface area contributed by atoms with E-state index in [0.29, 0.717) is 16.3 Å². The van der Waals surface area contributed by atoms with Gasteiger partial charge in [-0.05, 0) is 48.0 Å². The number of allylic oxidation sites excluding steroid dienone is 1. The van der Waals surface area contributed by atoms with Gasteiger partial charge in [0.05, 0.1) is 12.1 Å². The number of carbonyl (C=O) groups excluding carboxylic acids is 1. The summed E-state index contributed by atoms with van der Waals surface area (Å²) in [6.07, 6.45) is 3.07. The normalized spacial score (nSPS) is 10.8. The number of benzene rings is 2. The van der Waals surface area contributed by atoms with Gasteiger partial charge < -0.3 is 4.74 Å². The molecule has 0 spiro atoms. The molecular formula is C16H12ClFO2. The van der Waals surface area contributed by atoms with Crippen LogP contribution in [-0.2, 0) is 0 Å². The number of carbonyl (C=O) groups is 1. The van der Waals surface area contributed by atoms with Gasteiger partial charge in [-0.25, -0.2) is 4.39 Å². The van der Waals surface area contributed by atoms with Gasteiger partial charge >= 0.3 is 0 Å². The highest BCUT2D eigenvalue weighted by Crippen LogP contribution is 2.25. The minimum atomic E-state index is -0.368. The Hall–Kier alpha value is -2.13. The molecule has 0 aliphatic heterocycles. The van der Waals surface area contributed by atoms with E-state index in [4.69, 9.17) is 16.3 Å². The van der Waals surface area contributed by atoms with Crippen LogP contribution in [0.4, 0.5) is 4.39 Å². The lowest BCUT2D eigenvalue weighted by atomic mass is 10.1. The summed E-state index contributed by atoms with van der Waals surface area (Å²) in [5.74, 6) is 0.0121. The van der Waals surface area contributed by atoms with E-state index in [1.54, 1.807) is 24.3 Å². The maximum absolute atomic E-state index is 12.8. The molecule has 0 aliphatic carbocycles. The zero-order chi connectivity index (χ0) is 14.5. The molecule has 0 atom stereocenters. The first-order valence-corrected chi connectivity index (χ1v) is 6.29. The summed E-state index contributed by atoms with van der Waals surface area (Å²) in [6, 6.07) is 10.6. The largest absolute Gasteiger partial charge is 0.495 e. The van der Waals surface area contributed by atoms with E-state index in [-0.39, 0.29) is 11.6 Å². The minimum Gasteiger partial charge on any atom is -0.495 e. The third-order valence-corrected chi connectivity index (χ3v) is 3.03. The van der Waals surface area contributed by atoms with Gasteiger partial charge in [0.15, 0.2) is 5.78 Å². The maximum Gasteiger partial charge on any atom is 0.185 e. The predicted molar refractivity (Wildman–Crippen MR) is 77.8 cm³/mol. The van der Waals surface area contributed by atoms with E-state index < -0.39 is 0 Å². The fourth-order valence-electron chi connectivity index (χ4n) is 1.67. The Morgan fingerprint density at radius 3 is 2.50 bits per heavy atom. The van der Waals surface area contributed by atoms with Crippen LogP contribution in [-0.4, -0.2) is 12.9 Å². The van der Waals surface area contributed by atoms with E-state index in [2.05, 4.69) is 0 Å². The summed E-state index contributed by atoms with van der Waals surface area (Å²) >= 11 is 5.99. The fraction of sp³-hybridized carbons (Fsp3) is 0.0625. The lowest BCUT2D eigenvalue weighted by Gasteiger charge is -2.03. The van der Waals surface area contributed by atoms with E-state index in [1.165, 1.54) is 37.5 Å². The standard InChI is InChI=1S/C16H12ClFO2/c1-20-16-9-3-11(10-14(16)17)2-8-15(19)12-4-6-13(18)7-5-12/h2-10H,1H3. The Morgan fingerprint density at radius 2 is 1.90 bits per heavy atom. The molecule has 2 nitrogen and oxygen atoms in total. The van der Waals surface area contributed by atoms with Crippen molar-refractivity contribution in [1.82, 2.24) is 0 Å². The number of ether oxygens (including phenoxy) is 1. The van der Waals surface area contributed by atoms with Crippen LogP contribution in [0.3, 0.4) is 0 Å². The first-order chi connectivity index (χ1) is 9.60. The lowest BCUT2D eigenvalue weighted by Crippen LogP contribution is -1.93. The summed E-state index contributed by atoms with van der Waals surface area (Å²) in [7, 11) is 1.54. The summed E-state index contributed by atoms with van der Waals surface area (Å²) in [5, 5.41) is 0.476. The fourth-order valence-corrected chi connectivity index (χ4v) is 1.93. The van der Waals surface area contributed by atoms with Gasteiger partial charge in [-0.2, -0.15) is 0 Å². The Balaban J connectivity index is 2.14. The molecule has 2 rings (SSSR count). The van der Waals surface area contributed by atoms with Crippen molar-refractivity contribution in [1.29, 1.82) is 0 Å². The van der Waals surface area contributed by atoms with E-state index >= 15 is 0 Å². The zero-order valence-electron chi connectivity index (χ0n) is 10.8. The summed E-state index contributed by atoms with van der Waals surface area (Å²) in [5.41, 5.74) is 1.22. The van der Waals surface area contributed by atoms with E-state index in [1.807, 2.05) is 0 Å². The summed E-state index contributed by atoms with van der Waals surface area (Å²) < 4.78 is 17.8. The topological polar surface area (TPSA) is 26.3 Å². The number of ketones is 1. The minimum absolute atomic E-state index is 0.197. The number of hydrogen-bond donors (Lipinski definition) is 0. The highest BCUT2D eigenvalue weighted by atomic mass is 35.5. The molecule has 0 heterocycles. The van der Waals surface area contributed by atoms with E-state index in [0.717, 1.165) is 5.56 Å². The highest BCUT2D eigenvalue weighted by molar-refractivity contribution is 6.32. The van der Waals surface area contributed by atoms with Crippen molar-refractivity contribution >= 4 is 23.5 Å². The molecule has 0 aromatic heterocycles. The smallest absolute Gasteiger partial charge is 0.185 e.